The van der Waals surface area contributed by atoms with Gasteiger partial charge in [0, 0.05) is 10.2 Å². The average molecular weight is 598 g/mol. The van der Waals surface area contributed by atoms with Gasteiger partial charge in [-0.1, -0.05) is 75.0 Å². The molecule has 2 heteroatoms. The molecule has 6 aromatic rings. The molecule has 0 aliphatic heterocycles. The van der Waals surface area contributed by atoms with Gasteiger partial charge in [0.2, 0.25) is 0 Å². The molecule has 4 radical (unpaired) electrons. The summed E-state index contributed by atoms with van der Waals surface area (Å²) < 4.78 is 0. The molecule has 6 rings (SSSR count). The predicted octanol–water partition coefficient (Wildman–Crippen LogP) is 10.0. The topological polar surface area (TPSA) is 0 Å². The quantitative estimate of drug-likeness (QED) is 0.108. The van der Waals surface area contributed by atoms with Crippen LogP contribution in [0.4, 0.5) is 0 Å². The SMILES string of the molecule is C[Si].Cc1cc2ccccc2[cH-]1.Cc1cc2ccccc2[cH-]1.[C-](=CC=Cc1ccccc1)c1ccccc1.[Zr+3]. The van der Waals surface area contributed by atoms with Crippen LogP contribution in [0.3, 0.4) is 0 Å². The number of fused-ring (bicyclic) bond motifs is 2. The van der Waals surface area contributed by atoms with Crippen LogP contribution >= 0.6 is 0 Å². The first kappa shape index (κ1) is 31.9. The number of rotatable bonds is 3. The maximum Gasteiger partial charge on any atom is 3.00 e. The van der Waals surface area contributed by atoms with E-state index in [1.54, 1.807) is 6.55 Å². The van der Waals surface area contributed by atoms with Crippen molar-refractivity contribution < 1.29 is 26.2 Å². The first-order valence-corrected chi connectivity index (χ1v) is 13.8. The average Bonchev–Trinajstić information content (AvgIpc) is 3.54. The van der Waals surface area contributed by atoms with Crippen LogP contribution in [0.25, 0.3) is 27.6 Å². The van der Waals surface area contributed by atoms with Crippen molar-refractivity contribution in [2.45, 2.75) is 20.4 Å². The van der Waals surface area contributed by atoms with Gasteiger partial charge in [-0.05, 0) is 5.56 Å². The first-order chi connectivity index (χ1) is 18.7. The molecule has 0 saturated carbocycles. The summed E-state index contributed by atoms with van der Waals surface area (Å²) in [7, 11) is 2.97. The summed E-state index contributed by atoms with van der Waals surface area (Å²) in [6.45, 7) is 6.06. The van der Waals surface area contributed by atoms with Crippen molar-refractivity contribution in [1.82, 2.24) is 0 Å². The third-order valence-corrected chi connectivity index (χ3v) is 5.73. The number of allylic oxidation sites excluding steroid dienone is 2. The summed E-state index contributed by atoms with van der Waals surface area (Å²) in [5.41, 5.74) is 5.00. The zero-order chi connectivity index (χ0) is 27.0. The van der Waals surface area contributed by atoms with E-state index in [9.17, 15) is 0 Å². The van der Waals surface area contributed by atoms with Crippen LogP contribution in [0.5, 0.6) is 0 Å². The van der Waals surface area contributed by atoms with Crippen LogP contribution in [-0.4, -0.2) is 10.2 Å². The maximum absolute atomic E-state index is 3.20. The Balaban J connectivity index is 0.000000203. The van der Waals surface area contributed by atoms with Crippen LogP contribution in [0.15, 0.2) is 146 Å². The minimum Gasteiger partial charge on any atom is -0.165 e. The molecule has 39 heavy (non-hydrogen) atoms. The summed E-state index contributed by atoms with van der Waals surface area (Å²) in [5.74, 6) is 0. The summed E-state index contributed by atoms with van der Waals surface area (Å²) in [5, 5.41) is 5.39. The summed E-state index contributed by atoms with van der Waals surface area (Å²) in [6, 6.07) is 46.0. The van der Waals surface area contributed by atoms with E-state index >= 15 is 0 Å². The van der Waals surface area contributed by atoms with Crippen molar-refractivity contribution in [2.75, 3.05) is 0 Å². The molecule has 6 aromatic carbocycles. The molecule has 0 aliphatic carbocycles. The molecule has 0 fully saturated rings. The minimum absolute atomic E-state index is 0. The molecule has 0 N–H and O–H groups in total. The maximum atomic E-state index is 3.20. The van der Waals surface area contributed by atoms with Gasteiger partial charge in [-0.3, -0.25) is 0 Å². The van der Waals surface area contributed by atoms with Gasteiger partial charge < -0.3 is 0 Å². The molecule has 0 aliphatic rings. The molecular weight excluding hydrogens is 564 g/mol. The third-order valence-electron chi connectivity index (χ3n) is 5.73. The van der Waals surface area contributed by atoms with Crippen LogP contribution in [-0.2, 0) is 26.2 Å². The predicted molar refractivity (Wildman–Crippen MR) is 169 cm³/mol. The van der Waals surface area contributed by atoms with Crippen LogP contribution in [0.1, 0.15) is 22.3 Å². The molecule has 0 atom stereocenters. The van der Waals surface area contributed by atoms with Crippen LogP contribution < -0.4 is 0 Å². The van der Waals surface area contributed by atoms with E-state index in [1.807, 2.05) is 60.7 Å². The molecular formula is C37H34SiZr. The Kier molecular flexibility index (Phi) is 14.8. The zero-order valence-corrected chi connectivity index (χ0v) is 26.4. The normalized spacial score (nSPS) is 10.2. The van der Waals surface area contributed by atoms with Crippen molar-refractivity contribution in [2.24, 2.45) is 0 Å². The Bertz CT molecular complexity index is 1350. The molecule has 0 amide bonds. The molecule has 0 aromatic heterocycles. The largest absolute Gasteiger partial charge is 3.00 e. The van der Waals surface area contributed by atoms with Crippen molar-refractivity contribution >= 4 is 37.9 Å². The number of hydrogen-bond donors (Lipinski definition) is 0. The van der Waals surface area contributed by atoms with Crippen molar-refractivity contribution in [3.05, 3.63) is 174 Å². The summed E-state index contributed by atoms with van der Waals surface area (Å²) in [6.07, 6.45) is 9.20. The fraction of sp³-hybridized carbons (Fsp3) is 0.0811. The summed E-state index contributed by atoms with van der Waals surface area (Å²) >= 11 is 0. The van der Waals surface area contributed by atoms with Crippen LogP contribution in [0, 0.1) is 19.9 Å². The number of aryl methyl sites for hydroxylation is 2. The molecule has 0 saturated heterocycles. The molecule has 0 bridgehead atoms. The van der Waals surface area contributed by atoms with Gasteiger partial charge in [0.1, 0.15) is 0 Å². The Morgan fingerprint density at radius 3 is 1.51 bits per heavy atom. The molecule has 190 valence electrons. The van der Waals surface area contributed by atoms with Gasteiger partial charge in [-0.15, -0.1) is 129 Å². The van der Waals surface area contributed by atoms with Gasteiger partial charge in [0.15, 0.2) is 0 Å². The zero-order valence-electron chi connectivity index (χ0n) is 22.9. The fourth-order valence-corrected chi connectivity index (χ4v) is 4.01. The Hall–Kier alpha value is -3.32. The molecule has 0 nitrogen and oxygen atoms in total. The minimum atomic E-state index is 0. The molecule has 0 unspecified atom stereocenters. The second kappa shape index (κ2) is 18.1. The Morgan fingerprint density at radius 2 is 1.03 bits per heavy atom. The van der Waals surface area contributed by atoms with E-state index < -0.39 is 0 Å². The van der Waals surface area contributed by atoms with Gasteiger partial charge in [0.25, 0.3) is 0 Å². The second-order valence-electron chi connectivity index (χ2n) is 8.77. The van der Waals surface area contributed by atoms with Crippen molar-refractivity contribution in [3.8, 4) is 0 Å². The Morgan fingerprint density at radius 1 is 0.590 bits per heavy atom. The van der Waals surface area contributed by atoms with Gasteiger partial charge >= 0.3 is 26.2 Å². The van der Waals surface area contributed by atoms with E-state index in [0.29, 0.717) is 0 Å². The van der Waals surface area contributed by atoms with E-state index in [2.05, 4.69) is 121 Å². The monoisotopic (exact) mass is 596 g/mol. The third kappa shape index (κ3) is 11.1. The Labute approximate surface area is 257 Å². The van der Waals surface area contributed by atoms with Crippen molar-refractivity contribution in [3.63, 3.8) is 0 Å². The van der Waals surface area contributed by atoms with E-state index in [4.69, 9.17) is 0 Å². The van der Waals surface area contributed by atoms with Gasteiger partial charge in [-0.25, -0.2) is 0 Å². The first-order valence-electron chi connectivity index (χ1n) is 12.8. The molecule has 0 spiro atoms. The van der Waals surface area contributed by atoms with Gasteiger partial charge in [0.05, 0.1) is 0 Å². The van der Waals surface area contributed by atoms with Crippen LogP contribution in [0.2, 0.25) is 6.55 Å². The second-order valence-corrected chi connectivity index (χ2v) is 8.77. The number of hydrogen-bond acceptors (Lipinski definition) is 0. The van der Waals surface area contributed by atoms with Crippen molar-refractivity contribution in [1.29, 1.82) is 0 Å². The van der Waals surface area contributed by atoms with E-state index in [0.717, 1.165) is 5.56 Å². The van der Waals surface area contributed by atoms with E-state index in [-0.39, 0.29) is 26.2 Å². The standard InChI is InChI=1S/C16H13.2C10H9.CH3Si.Zr/c1-3-9-15(10-4-1)13-7-8-14-16-11-5-2-6-12-16;2*1-8-6-9-4-2-3-5-10(9)7-8;1-2;/h1-13H;2*2-7H,1H3;1H3;/q3*-1;;+3. The van der Waals surface area contributed by atoms with E-state index in [1.165, 1.54) is 38.2 Å². The smallest absolute Gasteiger partial charge is 0.165 e. The van der Waals surface area contributed by atoms with Gasteiger partial charge in [-0.2, -0.15) is 12.1 Å². The summed E-state index contributed by atoms with van der Waals surface area (Å²) in [4.78, 5) is 0. The number of benzene rings is 4. The molecule has 0 heterocycles. The fourth-order valence-electron chi connectivity index (χ4n) is 4.01.